The van der Waals surface area contributed by atoms with Crippen LogP contribution >= 0.6 is 0 Å². The van der Waals surface area contributed by atoms with Crippen molar-refractivity contribution in [2.45, 2.75) is 39.5 Å². The van der Waals surface area contributed by atoms with E-state index in [4.69, 9.17) is 9.47 Å². The van der Waals surface area contributed by atoms with Gasteiger partial charge in [0.2, 0.25) is 5.91 Å². The molecule has 2 aromatic carbocycles. The zero-order valence-electron chi connectivity index (χ0n) is 15.5. The summed E-state index contributed by atoms with van der Waals surface area (Å²) in [4.78, 5) is 12.3. The molecule has 0 spiro atoms. The second-order valence-electron chi connectivity index (χ2n) is 6.34. The predicted molar refractivity (Wildman–Crippen MR) is 102 cm³/mol. The van der Waals surface area contributed by atoms with Crippen LogP contribution in [0.3, 0.4) is 0 Å². The van der Waals surface area contributed by atoms with Gasteiger partial charge in [0.25, 0.3) is 0 Å². The molecule has 0 aromatic heterocycles. The summed E-state index contributed by atoms with van der Waals surface area (Å²) < 4.78 is 11.0. The fourth-order valence-corrected chi connectivity index (χ4v) is 2.70. The van der Waals surface area contributed by atoms with E-state index in [-0.39, 0.29) is 5.91 Å². The zero-order chi connectivity index (χ0) is 18.2. The van der Waals surface area contributed by atoms with E-state index in [2.05, 4.69) is 25.2 Å². The van der Waals surface area contributed by atoms with E-state index in [1.165, 1.54) is 5.56 Å². The SMILES string of the molecule is COc1ccccc1OCCCC(=O)Nc1c(C)cccc1C(C)C. The number of nitrogens with one attached hydrogen (secondary N) is 1. The summed E-state index contributed by atoms with van der Waals surface area (Å²) in [6, 6.07) is 13.6. The number of methoxy groups -OCH3 is 1. The van der Waals surface area contributed by atoms with Crippen molar-refractivity contribution in [3.63, 3.8) is 0 Å². The van der Waals surface area contributed by atoms with Crippen molar-refractivity contribution in [2.24, 2.45) is 0 Å². The summed E-state index contributed by atoms with van der Waals surface area (Å²) in [6.07, 6.45) is 1.06. The van der Waals surface area contributed by atoms with E-state index in [0.717, 1.165) is 11.3 Å². The van der Waals surface area contributed by atoms with Crippen LogP contribution in [-0.4, -0.2) is 19.6 Å². The van der Waals surface area contributed by atoms with Gasteiger partial charge in [-0.25, -0.2) is 0 Å². The Hall–Kier alpha value is -2.49. The third-order valence-corrected chi connectivity index (χ3v) is 4.07. The van der Waals surface area contributed by atoms with E-state index in [0.29, 0.717) is 36.9 Å². The highest BCUT2D eigenvalue weighted by Crippen LogP contribution is 2.28. The average Bonchev–Trinajstić information content (AvgIpc) is 2.60. The molecule has 4 nitrogen and oxygen atoms in total. The highest BCUT2D eigenvalue weighted by molar-refractivity contribution is 5.92. The second kappa shape index (κ2) is 9.11. The first-order valence-corrected chi connectivity index (χ1v) is 8.68. The van der Waals surface area contributed by atoms with Gasteiger partial charge >= 0.3 is 0 Å². The van der Waals surface area contributed by atoms with E-state index >= 15 is 0 Å². The molecule has 1 N–H and O–H groups in total. The Morgan fingerprint density at radius 1 is 1.08 bits per heavy atom. The van der Waals surface area contributed by atoms with Gasteiger partial charge in [-0.15, -0.1) is 0 Å². The Morgan fingerprint density at radius 3 is 2.48 bits per heavy atom. The molecule has 0 bridgehead atoms. The van der Waals surface area contributed by atoms with Crippen molar-refractivity contribution >= 4 is 11.6 Å². The van der Waals surface area contributed by atoms with Gasteiger partial charge in [0.1, 0.15) is 0 Å². The average molecular weight is 341 g/mol. The number of benzene rings is 2. The summed E-state index contributed by atoms with van der Waals surface area (Å²) in [6.45, 7) is 6.75. The number of anilines is 1. The Bertz CT molecular complexity index is 710. The molecule has 0 saturated carbocycles. The van der Waals surface area contributed by atoms with Crippen LogP contribution in [0.5, 0.6) is 11.5 Å². The number of para-hydroxylation sites is 3. The summed E-state index contributed by atoms with van der Waals surface area (Å²) in [5.41, 5.74) is 3.19. The first-order chi connectivity index (χ1) is 12.0. The molecular weight excluding hydrogens is 314 g/mol. The van der Waals surface area contributed by atoms with Gasteiger partial charge in [-0.1, -0.05) is 44.2 Å². The normalized spacial score (nSPS) is 10.6. The molecule has 0 aliphatic carbocycles. The lowest BCUT2D eigenvalue weighted by Gasteiger charge is -2.16. The van der Waals surface area contributed by atoms with Gasteiger partial charge in [0.15, 0.2) is 11.5 Å². The molecular formula is C21H27NO3. The third-order valence-electron chi connectivity index (χ3n) is 4.07. The fraction of sp³-hybridized carbons (Fsp3) is 0.381. The maximum Gasteiger partial charge on any atom is 0.224 e. The van der Waals surface area contributed by atoms with Crippen molar-refractivity contribution in [3.8, 4) is 11.5 Å². The molecule has 0 radical (unpaired) electrons. The van der Waals surface area contributed by atoms with Gasteiger partial charge in [-0.3, -0.25) is 4.79 Å². The lowest BCUT2D eigenvalue weighted by atomic mass is 9.98. The zero-order valence-corrected chi connectivity index (χ0v) is 15.5. The summed E-state index contributed by atoms with van der Waals surface area (Å²) in [7, 11) is 1.62. The number of aryl methyl sites for hydroxylation is 1. The highest BCUT2D eigenvalue weighted by atomic mass is 16.5. The summed E-state index contributed by atoms with van der Waals surface area (Å²) in [5.74, 6) is 1.78. The monoisotopic (exact) mass is 341 g/mol. The standard InChI is InChI=1S/C21H27NO3/c1-15(2)17-10-7-9-16(3)21(17)22-20(23)13-8-14-25-19-12-6-5-11-18(19)24-4/h5-7,9-12,15H,8,13-14H2,1-4H3,(H,22,23). The van der Waals surface area contributed by atoms with Crippen molar-refractivity contribution < 1.29 is 14.3 Å². The molecule has 0 atom stereocenters. The minimum Gasteiger partial charge on any atom is -0.493 e. The van der Waals surface area contributed by atoms with Crippen LogP contribution in [-0.2, 0) is 4.79 Å². The molecule has 134 valence electrons. The maximum atomic E-state index is 12.3. The van der Waals surface area contributed by atoms with Crippen LogP contribution in [0.2, 0.25) is 0 Å². The molecule has 2 aromatic rings. The van der Waals surface area contributed by atoms with Crippen LogP contribution in [0, 0.1) is 6.92 Å². The van der Waals surface area contributed by atoms with E-state index < -0.39 is 0 Å². The minimum atomic E-state index is 0.0137. The number of carbonyl (C=O) groups is 1. The molecule has 0 saturated heterocycles. The van der Waals surface area contributed by atoms with E-state index in [1.807, 2.05) is 43.3 Å². The van der Waals surface area contributed by atoms with Crippen LogP contribution in [0.4, 0.5) is 5.69 Å². The topological polar surface area (TPSA) is 47.6 Å². The third kappa shape index (κ3) is 5.24. The minimum absolute atomic E-state index is 0.0137. The number of hydrogen-bond donors (Lipinski definition) is 1. The van der Waals surface area contributed by atoms with Crippen LogP contribution in [0.15, 0.2) is 42.5 Å². The number of amides is 1. The predicted octanol–water partition coefficient (Wildman–Crippen LogP) is 4.92. The quantitative estimate of drug-likeness (QED) is 0.693. The Labute approximate surface area is 150 Å². The number of ether oxygens (including phenoxy) is 2. The Kier molecular flexibility index (Phi) is 6.87. The van der Waals surface area contributed by atoms with Crippen LogP contribution < -0.4 is 14.8 Å². The van der Waals surface area contributed by atoms with Gasteiger partial charge < -0.3 is 14.8 Å². The summed E-state index contributed by atoms with van der Waals surface area (Å²) >= 11 is 0. The molecule has 0 unspecified atom stereocenters. The lowest BCUT2D eigenvalue weighted by Crippen LogP contribution is -2.15. The van der Waals surface area contributed by atoms with Gasteiger partial charge in [0.05, 0.1) is 13.7 Å². The Morgan fingerprint density at radius 2 is 1.80 bits per heavy atom. The molecule has 25 heavy (non-hydrogen) atoms. The van der Waals surface area contributed by atoms with Gasteiger partial charge in [-0.05, 0) is 42.5 Å². The number of rotatable bonds is 8. The molecule has 4 heteroatoms. The first-order valence-electron chi connectivity index (χ1n) is 8.68. The second-order valence-corrected chi connectivity index (χ2v) is 6.34. The molecule has 1 amide bonds. The number of hydrogen-bond acceptors (Lipinski definition) is 3. The Balaban J connectivity index is 1.86. The van der Waals surface area contributed by atoms with Gasteiger partial charge in [-0.2, -0.15) is 0 Å². The number of carbonyl (C=O) groups excluding carboxylic acids is 1. The van der Waals surface area contributed by atoms with Crippen molar-refractivity contribution in [3.05, 3.63) is 53.6 Å². The molecule has 0 aliphatic heterocycles. The molecule has 0 aliphatic rings. The summed E-state index contributed by atoms with van der Waals surface area (Å²) in [5, 5.41) is 3.06. The van der Waals surface area contributed by atoms with Gasteiger partial charge in [0, 0.05) is 12.1 Å². The fourth-order valence-electron chi connectivity index (χ4n) is 2.70. The van der Waals surface area contributed by atoms with Crippen LogP contribution in [0.25, 0.3) is 0 Å². The first kappa shape index (κ1) is 18.8. The van der Waals surface area contributed by atoms with E-state index in [9.17, 15) is 4.79 Å². The lowest BCUT2D eigenvalue weighted by molar-refractivity contribution is -0.116. The van der Waals surface area contributed by atoms with Crippen molar-refractivity contribution in [2.75, 3.05) is 19.0 Å². The largest absolute Gasteiger partial charge is 0.493 e. The molecule has 0 fully saturated rings. The smallest absolute Gasteiger partial charge is 0.224 e. The van der Waals surface area contributed by atoms with E-state index in [1.54, 1.807) is 7.11 Å². The van der Waals surface area contributed by atoms with Crippen molar-refractivity contribution in [1.82, 2.24) is 0 Å². The maximum absolute atomic E-state index is 12.3. The molecule has 2 rings (SSSR count). The molecule has 0 heterocycles. The highest BCUT2D eigenvalue weighted by Gasteiger charge is 2.12. The van der Waals surface area contributed by atoms with Crippen molar-refractivity contribution in [1.29, 1.82) is 0 Å². The van der Waals surface area contributed by atoms with Crippen LogP contribution in [0.1, 0.15) is 43.7 Å².